The van der Waals surface area contributed by atoms with Crippen molar-refractivity contribution in [1.29, 1.82) is 5.26 Å². The summed E-state index contributed by atoms with van der Waals surface area (Å²) in [5.74, 6) is 1.03. The van der Waals surface area contributed by atoms with E-state index in [1.54, 1.807) is 12.1 Å². The SMILES string of the molecule is N#Cc1ccc(CSc2nnc(NC(=O)COc3ccc(-c4ccccc4)cc3)s2)cc1. The van der Waals surface area contributed by atoms with E-state index >= 15 is 0 Å². The summed E-state index contributed by atoms with van der Waals surface area (Å²) in [6.45, 7) is -0.113. The van der Waals surface area contributed by atoms with Crippen LogP contribution in [0.2, 0.25) is 0 Å². The van der Waals surface area contributed by atoms with E-state index in [1.165, 1.54) is 23.1 Å². The van der Waals surface area contributed by atoms with Crippen molar-refractivity contribution in [3.8, 4) is 22.9 Å². The van der Waals surface area contributed by atoms with Crippen LogP contribution in [0, 0.1) is 11.3 Å². The molecular weight excluding hydrogens is 440 g/mol. The first-order valence-corrected chi connectivity index (χ1v) is 11.5. The second-order valence-electron chi connectivity index (χ2n) is 6.70. The number of rotatable bonds is 8. The number of carbonyl (C=O) groups excluding carboxylic acids is 1. The number of nitrogens with zero attached hydrogens (tertiary/aromatic N) is 3. The van der Waals surface area contributed by atoms with Gasteiger partial charge in [-0.3, -0.25) is 10.1 Å². The Morgan fingerprint density at radius 3 is 2.41 bits per heavy atom. The Morgan fingerprint density at radius 1 is 0.969 bits per heavy atom. The summed E-state index contributed by atoms with van der Waals surface area (Å²) < 4.78 is 6.33. The van der Waals surface area contributed by atoms with Gasteiger partial charge in [-0.1, -0.05) is 77.7 Å². The molecule has 0 atom stereocenters. The Labute approximate surface area is 193 Å². The molecule has 0 aliphatic carbocycles. The molecule has 3 aromatic carbocycles. The molecule has 8 heteroatoms. The highest BCUT2D eigenvalue weighted by Gasteiger charge is 2.10. The quantitative estimate of drug-likeness (QED) is 0.281. The van der Waals surface area contributed by atoms with Gasteiger partial charge in [-0.05, 0) is 41.0 Å². The first-order valence-electron chi connectivity index (χ1n) is 9.73. The van der Waals surface area contributed by atoms with Gasteiger partial charge in [0.1, 0.15) is 5.75 Å². The van der Waals surface area contributed by atoms with Crippen LogP contribution in [0.5, 0.6) is 5.75 Å². The second-order valence-corrected chi connectivity index (χ2v) is 8.90. The zero-order valence-corrected chi connectivity index (χ0v) is 18.5. The smallest absolute Gasteiger partial charge is 0.264 e. The lowest BCUT2D eigenvalue weighted by Gasteiger charge is -2.07. The lowest BCUT2D eigenvalue weighted by atomic mass is 10.1. The highest BCUT2D eigenvalue weighted by Crippen LogP contribution is 2.28. The van der Waals surface area contributed by atoms with Gasteiger partial charge in [0.15, 0.2) is 10.9 Å². The van der Waals surface area contributed by atoms with E-state index < -0.39 is 0 Å². The van der Waals surface area contributed by atoms with E-state index in [0.29, 0.717) is 22.2 Å². The third kappa shape index (κ3) is 5.94. The van der Waals surface area contributed by atoms with E-state index in [-0.39, 0.29) is 12.5 Å². The van der Waals surface area contributed by atoms with Gasteiger partial charge in [0.05, 0.1) is 11.6 Å². The Hall–Kier alpha value is -3.67. The van der Waals surface area contributed by atoms with Crippen molar-refractivity contribution in [3.63, 3.8) is 0 Å². The minimum Gasteiger partial charge on any atom is -0.484 e. The number of benzene rings is 3. The highest BCUT2D eigenvalue weighted by molar-refractivity contribution is 8.00. The molecule has 0 fully saturated rings. The maximum absolute atomic E-state index is 12.2. The Kier molecular flexibility index (Phi) is 7.12. The van der Waals surface area contributed by atoms with Gasteiger partial charge in [-0.15, -0.1) is 10.2 Å². The van der Waals surface area contributed by atoms with Crippen LogP contribution in [0.1, 0.15) is 11.1 Å². The number of aromatic nitrogens is 2. The number of anilines is 1. The monoisotopic (exact) mass is 458 g/mol. The van der Waals surface area contributed by atoms with Crippen molar-refractivity contribution < 1.29 is 9.53 Å². The van der Waals surface area contributed by atoms with E-state index in [0.717, 1.165) is 21.0 Å². The van der Waals surface area contributed by atoms with Crippen LogP contribution < -0.4 is 10.1 Å². The lowest BCUT2D eigenvalue weighted by Crippen LogP contribution is -2.20. The van der Waals surface area contributed by atoms with Crippen molar-refractivity contribution in [2.75, 3.05) is 11.9 Å². The van der Waals surface area contributed by atoms with Gasteiger partial charge in [-0.25, -0.2) is 0 Å². The molecule has 4 rings (SSSR count). The molecule has 0 saturated carbocycles. The van der Waals surface area contributed by atoms with Crippen LogP contribution in [-0.4, -0.2) is 22.7 Å². The van der Waals surface area contributed by atoms with Crippen molar-refractivity contribution in [3.05, 3.63) is 90.0 Å². The zero-order chi connectivity index (χ0) is 22.2. The number of hydrogen-bond donors (Lipinski definition) is 1. The molecule has 0 spiro atoms. The Balaban J connectivity index is 1.24. The van der Waals surface area contributed by atoms with E-state index in [1.807, 2.05) is 66.7 Å². The lowest BCUT2D eigenvalue weighted by molar-refractivity contribution is -0.118. The average Bonchev–Trinajstić information content (AvgIpc) is 3.30. The number of amides is 1. The van der Waals surface area contributed by atoms with Crippen LogP contribution >= 0.6 is 23.1 Å². The number of carbonyl (C=O) groups is 1. The van der Waals surface area contributed by atoms with E-state index in [2.05, 4.69) is 21.6 Å². The topological polar surface area (TPSA) is 87.9 Å². The van der Waals surface area contributed by atoms with Crippen LogP contribution in [0.15, 0.2) is 83.2 Å². The third-order valence-corrected chi connectivity index (χ3v) is 6.47. The molecule has 4 aromatic rings. The molecule has 0 aliphatic rings. The zero-order valence-electron chi connectivity index (χ0n) is 16.9. The van der Waals surface area contributed by atoms with Crippen molar-refractivity contribution in [2.24, 2.45) is 0 Å². The number of hydrogen-bond acceptors (Lipinski definition) is 7. The van der Waals surface area contributed by atoms with Gasteiger partial charge < -0.3 is 4.74 Å². The fourth-order valence-corrected chi connectivity index (χ4v) is 4.54. The Morgan fingerprint density at radius 2 is 1.69 bits per heavy atom. The van der Waals surface area contributed by atoms with E-state index in [9.17, 15) is 4.79 Å². The van der Waals surface area contributed by atoms with Crippen LogP contribution in [0.25, 0.3) is 11.1 Å². The van der Waals surface area contributed by atoms with Gasteiger partial charge in [0, 0.05) is 5.75 Å². The molecule has 1 aromatic heterocycles. The van der Waals surface area contributed by atoms with E-state index in [4.69, 9.17) is 10.00 Å². The van der Waals surface area contributed by atoms with Gasteiger partial charge >= 0.3 is 0 Å². The van der Waals surface area contributed by atoms with Crippen LogP contribution in [0.4, 0.5) is 5.13 Å². The average molecular weight is 459 g/mol. The molecule has 1 heterocycles. The van der Waals surface area contributed by atoms with Gasteiger partial charge in [-0.2, -0.15) is 5.26 Å². The summed E-state index contributed by atoms with van der Waals surface area (Å²) >= 11 is 2.83. The summed E-state index contributed by atoms with van der Waals surface area (Å²) in [4.78, 5) is 12.2. The summed E-state index contributed by atoms with van der Waals surface area (Å²) in [5.41, 5.74) is 3.93. The first kappa shape index (κ1) is 21.6. The number of thioether (sulfide) groups is 1. The van der Waals surface area contributed by atoms with Crippen molar-refractivity contribution >= 4 is 34.1 Å². The summed E-state index contributed by atoms with van der Waals surface area (Å²) in [6, 6.07) is 27.2. The number of nitriles is 1. The third-order valence-electron chi connectivity index (χ3n) is 4.43. The summed E-state index contributed by atoms with van der Waals surface area (Å²) in [7, 11) is 0. The van der Waals surface area contributed by atoms with Gasteiger partial charge in [0.25, 0.3) is 5.91 Å². The molecule has 0 bridgehead atoms. The molecule has 0 unspecified atom stereocenters. The predicted octanol–water partition coefficient (Wildman–Crippen LogP) is 5.39. The molecular formula is C24H18N4O2S2. The summed E-state index contributed by atoms with van der Waals surface area (Å²) in [6.07, 6.45) is 0. The molecule has 0 radical (unpaired) electrons. The standard InChI is InChI=1S/C24H18N4O2S2/c25-14-17-6-8-18(9-7-17)16-31-24-28-27-23(32-24)26-22(29)15-30-21-12-10-20(11-13-21)19-4-2-1-3-5-19/h1-13H,15-16H2,(H,26,27,29). The molecule has 158 valence electrons. The minimum atomic E-state index is -0.295. The number of ether oxygens (including phenoxy) is 1. The van der Waals surface area contributed by atoms with Crippen LogP contribution in [0.3, 0.4) is 0 Å². The first-order chi connectivity index (χ1) is 15.7. The Bertz CT molecular complexity index is 1220. The second kappa shape index (κ2) is 10.6. The minimum absolute atomic E-state index is 0.113. The normalized spacial score (nSPS) is 10.3. The van der Waals surface area contributed by atoms with Crippen molar-refractivity contribution in [2.45, 2.75) is 10.1 Å². The highest BCUT2D eigenvalue weighted by atomic mass is 32.2. The number of nitrogens with one attached hydrogen (secondary N) is 1. The molecule has 0 saturated heterocycles. The maximum atomic E-state index is 12.2. The molecule has 6 nitrogen and oxygen atoms in total. The maximum Gasteiger partial charge on any atom is 0.264 e. The van der Waals surface area contributed by atoms with Gasteiger partial charge in [0.2, 0.25) is 5.13 Å². The molecule has 32 heavy (non-hydrogen) atoms. The largest absolute Gasteiger partial charge is 0.484 e. The molecule has 1 N–H and O–H groups in total. The summed E-state index contributed by atoms with van der Waals surface area (Å²) in [5, 5.41) is 20.1. The fraction of sp³-hybridized carbons (Fsp3) is 0.0833. The predicted molar refractivity (Wildman–Crippen MR) is 127 cm³/mol. The van der Waals surface area contributed by atoms with Crippen LogP contribution in [-0.2, 0) is 10.5 Å². The molecule has 1 amide bonds. The fourth-order valence-electron chi connectivity index (χ4n) is 2.82. The molecule has 0 aliphatic heterocycles. The van der Waals surface area contributed by atoms with Crippen molar-refractivity contribution in [1.82, 2.24) is 10.2 Å².